The lowest BCUT2D eigenvalue weighted by atomic mass is 10.2. The van der Waals surface area contributed by atoms with Crippen LogP contribution in [-0.2, 0) is 4.74 Å². The zero-order valence-corrected chi connectivity index (χ0v) is 15.2. The van der Waals surface area contributed by atoms with Gasteiger partial charge in [-0.15, -0.1) is 0 Å². The number of nitrogens with zero attached hydrogens (tertiary/aromatic N) is 2. The molecule has 7 nitrogen and oxygen atoms in total. The summed E-state index contributed by atoms with van der Waals surface area (Å²) < 4.78 is 6.94. The Morgan fingerprint density at radius 3 is 2.59 bits per heavy atom. The van der Waals surface area contributed by atoms with Gasteiger partial charge in [0.2, 0.25) is 0 Å². The molecule has 0 fully saturated rings. The van der Waals surface area contributed by atoms with Crippen molar-refractivity contribution in [2.75, 3.05) is 18.4 Å². The molecule has 0 unspecified atom stereocenters. The van der Waals surface area contributed by atoms with Crippen LogP contribution in [-0.4, -0.2) is 34.6 Å². The summed E-state index contributed by atoms with van der Waals surface area (Å²) >= 11 is 3.27. The van der Waals surface area contributed by atoms with Crippen LogP contribution >= 0.6 is 15.9 Å². The van der Waals surface area contributed by atoms with Crippen molar-refractivity contribution in [3.8, 4) is 0 Å². The second kappa shape index (κ2) is 7.62. The first-order valence-electron chi connectivity index (χ1n) is 7.10. The van der Waals surface area contributed by atoms with Gasteiger partial charge < -0.3 is 15.4 Å². The minimum absolute atomic E-state index is 0.00770. The summed E-state index contributed by atoms with van der Waals surface area (Å²) in [6, 6.07) is -0.00770. The zero-order chi connectivity index (χ0) is 16.9. The van der Waals surface area contributed by atoms with Crippen molar-refractivity contribution in [2.24, 2.45) is 0 Å². The molecule has 1 rings (SSSR count). The lowest BCUT2D eigenvalue weighted by Crippen LogP contribution is -2.35. The van der Waals surface area contributed by atoms with E-state index in [9.17, 15) is 9.59 Å². The molecule has 124 valence electrons. The smallest absolute Gasteiger partial charge is 0.407 e. The molecule has 0 aliphatic carbocycles. The third-order valence-corrected chi connectivity index (χ3v) is 3.31. The molecule has 2 N–H and O–H groups in total. The fraction of sp³-hybridized carbons (Fsp3) is 0.643. The quantitative estimate of drug-likeness (QED) is 0.773. The maximum Gasteiger partial charge on any atom is 0.407 e. The predicted octanol–water partition coefficient (Wildman–Crippen LogP) is 2.52. The van der Waals surface area contributed by atoms with Crippen LogP contribution in [0.2, 0.25) is 0 Å². The van der Waals surface area contributed by atoms with Crippen molar-refractivity contribution in [1.29, 1.82) is 0 Å². The van der Waals surface area contributed by atoms with Gasteiger partial charge in [-0.05, 0) is 50.5 Å². The molecule has 0 aliphatic rings. The van der Waals surface area contributed by atoms with Crippen molar-refractivity contribution in [3.05, 3.63) is 21.0 Å². The Bertz CT molecular complexity index is 578. The normalized spacial score (nSPS) is 11.4. The van der Waals surface area contributed by atoms with Gasteiger partial charge in [-0.25, -0.2) is 9.48 Å². The van der Waals surface area contributed by atoms with Gasteiger partial charge in [0, 0.05) is 13.1 Å². The summed E-state index contributed by atoms with van der Waals surface area (Å²) in [6.45, 7) is 10.0. The molecule has 8 heteroatoms. The van der Waals surface area contributed by atoms with E-state index in [1.807, 2.05) is 13.8 Å². The standard InChI is InChI=1S/C14H23BrN4O3/c1-9(2)19-12(20)11(15)10(8-18-19)16-6-7-17-13(21)22-14(3,4)5/h8-9,16H,6-7H2,1-5H3,(H,17,21). The van der Waals surface area contributed by atoms with E-state index in [2.05, 4.69) is 31.7 Å². The maximum absolute atomic E-state index is 12.1. The predicted molar refractivity (Wildman–Crippen MR) is 89.3 cm³/mol. The Hall–Kier alpha value is -1.57. The molecule has 1 amide bonds. The van der Waals surface area contributed by atoms with Crippen LogP contribution in [0.3, 0.4) is 0 Å². The van der Waals surface area contributed by atoms with Crippen LogP contribution in [0.4, 0.5) is 10.5 Å². The van der Waals surface area contributed by atoms with Crippen LogP contribution in [0.5, 0.6) is 0 Å². The molecule has 0 radical (unpaired) electrons. The highest BCUT2D eigenvalue weighted by Gasteiger charge is 2.15. The fourth-order valence-electron chi connectivity index (χ4n) is 1.61. The number of rotatable bonds is 5. The maximum atomic E-state index is 12.1. The molecule has 0 aromatic carbocycles. The molecule has 0 bridgehead atoms. The second-order valence-electron chi connectivity index (χ2n) is 6.07. The van der Waals surface area contributed by atoms with Crippen molar-refractivity contribution >= 4 is 27.7 Å². The molecule has 0 saturated heterocycles. The topological polar surface area (TPSA) is 85.2 Å². The van der Waals surface area contributed by atoms with Gasteiger partial charge in [0.25, 0.3) is 5.56 Å². The Labute approximate surface area is 138 Å². The van der Waals surface area contributed by atoms with E-state index in [1.54, 1.807) is 27.0 Å². The van der Waals surface area contributed by atoms with E-state index in [0.29, 0.717) is 23.2 Å². The molecule has 1 aromatic heterocycles. The third-order valence-electron chi connectivity index (χ3n) is 2.54. The van der Waals surface area contributed by atoms with Crippen LogP contribution in [0.1, 0.15) is 40.7 Å². The lowest BCUT2D eigenvalue weighted by molar-refractivity contribution is 0.0530. The summed E-state index contributed by atoms with van der Waals surface area (Å²) in [5.41, 5.74) is -0.126. The van der Waals surface area contributed by atoms with Crippen LogP contribution in [0.15, 0.2) is 15.5 Å². The molecule has 0 spiro atoms. The number of carbonyl (C=O) groups is 1. The van der Waals surface area contributed by atoms with Gasteiger partial charge >= 0.3 is 6.09 Å². The summed E-state index contributed by atoms with van der Waals surface area (Å²) in [7, 11) is 0. The number of anilines is 1. The molecule has 0 atom stereocenters. The first kappa shape index (κ1) is 18.5. The third kappa shape index (κ3) is 5.67. The molecular weight excluding hydrogens is 352 g/mol. The number of halogens is 1. The van der Waals surface area contributed by atoms with Crippen molar-refractivity contribution in [2.45, 2.75) is 46.3 Å². The molecule has 1 heterocycles. The SMILES string of the molecule is CC(C)n1ncc(NCCNC(=O)OC(C)(C)C)c(Br)c1=O. The van der Waals surface area contributed by atoms with Crippen LogP contribution in [0.25, 0.3) is 0 Å². The number of hydrogen-bond acceptors (Lipinski definition) is 5. The second-order valence-corrected chi connectivity index (χ2v) is 6.86. The average molecular weight is 375 g/mol. The number of alkyl carbamates (subject to hydrolysis) is 1. The first-order valence-corrected chi connectivity index (χ1v) is 7.89. The number of hydrogen-bond donors (Lipinski definition) is 2. The zero-order valence-electron chi connectivity index (χ0n) is 13.6. The fourth-order valence-corrected chi connectivity index (χ4v) is 2.04. The van der Waals surface area contributed by atoms with E-state index in [-0.39, 0.29) is 11.6 Å². The highest BCUT2D eigenvalue weighted by atomic mass is 79.9. The van der Waals surface area contributed by atoms with Crippen molar-refractivity contribution in [3.63, 3.8) is 0 Å². The first-order chi connectivity index (χ1) is 10.1. The van der Waals surface area contributed by atoms with Gasteiger partial charge in [0.15, 0.2) is 0 Å². The summed E-state index contributed by atoms with van der Waals surface area (Å²) in [6.07, 6.45) is 1.11. The molecule has 22 heavy (non-hydrogen) atoms. The van der Waals surface area contributed by atoms with E-state index < -0.39 is 11.7 Å². The molecule has 0 saturated carbocycles. The number of amides is 1. The molecule has 0 aliphatic heterocycles. The van der Waals surface area contributed by atoms with E-state index in [0.717, 1.165) is 0 Å². The molecule has 1 aromatic rings. The van der Waals surface area contributed by atoms with Crippen LogP contribution in [0, 0.1) is 0 Å². The Kier molecular flexibility index (Phi) is 6.40. The van der Waals surface area contributed by atoms with Crippen LogP contribution < -0.4 is 16.2 Å². The largest absolute Gasteiger partial charge is 0.444 e. The summed E-state index contributed by atoms with van der Waals surface area (Å²) in [5, 5.41) is 9.78. The van der Waals surface area contributed by atoms with E-state index in [4.69, 9.17) is 4.74 Å². The van der Waals surface area contributed by atoms with E-state index >= 15 is 0 Å². The monoisotopic (exact) mass is 374 g/mol. The number of carbonyl (C=O) groups excluding carboxylic acids is 1. The summed E-state index contributed by atoms with van der Waals surface area (Å²) in [4.78, 5) is 23.5. The lowest BCUT2D eigenvalue weighted by Gasteiger charge is -2.19. The number of aromatic nitrogens is 2. The van der Waals surface area contributed by atoms with Gasteiger partial charge in [-0.3, -0.25) is 4.79 Å². The van der Waals surface area contributed by atoms with Gasteiger partial charge in [0.05, 0.1) is 17.9 Å². The summed E-state index contributed by atoms with van der Waals surface area (Å²) in [5.74, 6) is 0. The van der Waals surface area contributed by atoms with Gasteiger partial charge in [-0.2, -0.15) is 5.10 Å². The van der Waals surface area contributed by atoms with E-state index in [1.165, 1.54) is 4.68 Å². The Morgan fingerprint density at radius 1 is 1.41 bits per heavy atom. The van der Waals surface area contributed by atoms with Gasteiger partial charge in [-0.1, -0.05) is 0 Å². The van der Waals surface area contributed by atoms with Crippen molar-refractivity contribution < 1.29 is 9.53 Å². The number of ether oxygens (including phenoxy) is 1. The number of nitrogens with one attached hydrogen (secondary N) is 2. The molecular formula is C14H23BrN4O3. The Balaban J connectivity index is 2.51. The minimum Gasteiger partial charge on any atom is -0.444 e. The van der Waals surface area contributed by atoms with Gasteiger partial charge in [0.1, 0.15) is 10.1 Å². The minimum atomic E-state index is -0.522. The highest BCUT2D eigenvalue weighted by molar-refractivity contribution is 9.10. The Morgan fingerprint density at radius 2 is 2.05 bits per heavy atom. The average Bonchev–Trinajstić information content (AvgIpc) is 2.36. The van der Waals surface area contributed by atoms with Crippen molar-refractivity contribution in [1.82, 2.24) is 15.1 Å². The highest BCUT2D eigenvalue weighted by Crippen LogP contribution is 2.16.